The van der Waals surface area contributed by atoms with Crippen LogP contribution in [0.25, 0.3) is 0 Å². The van der Waals surface area contributed by atoms with Crippen molar-refractivity contribution in [3.8, 4) is 0 Å². The molecule has 3 heteroatoms. The smallest absolute Gasteiger partial charge is 0.338 e. The fourth-order valence-electron chi connectivity index (χ4n) is 1.29. The number of ether oxygens (including phenoxy) is 1. The molecule has 0 spiro atoms. The van der Waals surface area contributed by atoms with E-state index in [1.165, 1.54) is 0 Å². The Labute approximate surface area is 105 Å². The van der Waals surface area contributed by atoms with Crippen LogP contribution in [0.2, 0.25) is 0 Å². The predicted octanol–water partition coefficient (Wildman–Crippen LogP) is 3.96. The van der Waals surface area contributed by atoms with Gasteiger partial charge in [0.15, 0.2) is 0 Å². The van der Waals surface area contributed by atoms with Crippen molar-refractivity contribution in [1.29, 1.82) is 0 Å². The molecule has 0 N–H and O–H groups in total. The lowest BCUT2D eigenvalue weighted by molar-refractivity contribution is 0.0487. The molecule has 0 saturated heterocycles. The Balaban J connectivity index is 2.63. The van der Waals surface area contributed by atoms with Crippen molar-refractivity contribution in [2.75, 3.05) is 6.61 Å². The zero-order valence-corrected chi connectivity index (χ0v) is 11.5. The number of carbonyl (C=O) groups is 1. The van der Waals surface area contributed by atoms with E-state index in [-0.39, 0.29) is 5.97 Å². The van der Waals surface area contributed by atoms with Crippen LogP contribution in [-0.2, 0) is 4.74 Å². The number of hydrogen-bond acceptors (Lipinski definition) is 2. The average molecular weight is 285 g/mol. The molecule has 0 aliphatic rings. The Morgan fingerprint density at radius 1 is 1.44 bits per heavy atom. The molecule has 0 amide bonds. The highest BCUT2D eigenvalue weighted by Gasteiger charge is 2.11. The SMILES string of the molecule is Cc1c(Br)cccc1C(=O)OCCC(C)C. The second-order valence-corrected chi connectivity index (χ2v) is 5.09. The third-order valence-corrected chi connectivity index (χ3v) is 3.28. The summed E-state index contributed by atoms with van der Waals surface area (Å²) in [5, 5.41) is 0. The van der Waals surface area contributed by atoms with Gasteiger partial charge in [0.2, 0.25) is 0 Å². The van der Waals surface area contributed by atoms with Crippen molar-refractivity contribution in [3.05, 3.63) is 33.8 Å². The monoisotopic (exact) mass is 284 g/mol. The summed E-state index contributed by atoms with van der Waals surface area (Å²) in [5.74, 6) is 0.316. The zero-order chi connectivity index (χ0) is 12.1. The van der Waals surface area contributed by atoms with Crippen molar-refractivity contribution >= 4 is 21.9 Å². The van der Waals surface area contributed by atoms with Crippen LogP contribution in [0.3, 0.4) is 0 Å². The Kier molecular flexibility index (Phi) is 5.00. The van der Waals surface area contributed by atoms with Gasteiger partial charge in [0.25, 0.3) is 0 Å². The van der Waals surface area contributed by atoms with Crippen LogP contribution in [0.1, 0.15) is 36.2 Å². The number of halogens is 1. The van der Waals surface area contributed by atoms with Crippen LogP contribution in [-0.4, -0.2) is 12.6 Å². The Hall–Kier alpha value is -0.830. The second-order valence-electron chi connectivity index (χ2n) is 4.23. The van der Waals surface area contributed by atoms with Gasteiger partial charge < -0.3 is 4.74 Å². The quantitative estimate of drug-likeness (QED) is 0.783. The van der Waals surface area contributed by atoms with E-state index >= 15 is 0 Å². The number of benzene rings is 1. The fraction of sp³-hybridized carbons (Fsp3) is 0.462. The summed E-state index contributed by atoms with van der Waals surface area (Å²) in [6.45, 7) is 6.61. The van der Waals surface area contributed by atoms with E-state index in [1.54, 1.807) is 6.07 Å². The summed E-state index contributed by atoms with van der Waals surface area (Å²) in [6.07, 6.45) is 0.902. The van der Waals surface area contributed by atoms with Crippen molar-refractivity contribution in [2.24, 2.45) is 5.92 Å². The van der Waals surface area contributed by atoms with E-state index < -0.39 is 0 Å². The van der Waals surface area contributed by atoms with E-state index in [4.69, 9.17) is 4.74 Å². The molecule has 0 radical (unpaired) electrons. The average Bonchev–Trinajstić information content (AvgIpc) is 2.21. The highest BCUT2D eigenvalue weighted by Crippen LogP contribution is 2.20. The lowest BCUT2D eigenvalue weighted by Crippen LogP contribution is -2.09. The van der Waals surface area contributed by atoms with E-state index in [9.17, 15) is 4.79 Å². The molecule has 0 aliphatic carbocycles. The lowest BCUT2D eigenvalue weighted by atomic mass is 10.1. The van der Waals surface area contributed by atoms with Crippen LogP contribution >= 0.6 is 15.9 Å². The summed E-state index contributed by atoms with van der Waals surface area (Å²) in [6, 6.07) is 5.55. The van der Waals surface area contributed by atoms with Crippen LogP contribution < -0.4 is 0 Å². The van der Waals surface area contributed by atoms with Gasteiger partial charge in [-0.1, -0.05) is 35.8 Å². The molecule has 0 saturated carbocycles. The molecule has 0 aliphatic heterocycles. The molecule has 0 atom stereocenters. The van der Waals surface area contributed by atoms with Crippen molar-refractivity contribution < 1.29 is 9.53 Å². The Bertz CT molecular complexity index is 372. The molecule has 0 fully saturated rings. The topological polar surface area (TPSA) is 26.3 Å². The lowest BCUT2D eigenvalue weighted by Gasteiger charge is -2.09. The number of esters is 1. The molecule has 0 heterocycles. The van der Waals surface area contributed by atoms with E-state index in [0.29, 0.717) is 18.1 Å². The molecule has 2 nitrogen and oxygen atoms in total. The first-order chi connectivity index (χ1) is 7.52. The summed E-state index contributed by atoms with van der Waals surface area (Å²) in [4.78, 5) is 11.8. The zero-order valence-electron chi connectivity index (χ0n) is 9.92. The molecule has 0 aromatic heterocycles. The highest BCUT2D eigenvalue weighted by molar-refractivity contribution is 9.10. The first-order valence-electron chi connectivity index (χ1n) is 5.44. The molecule has 88 valence electrons. The molecule has 16 heavy (non-hydrogen) atoms. The summed E-state index contributed by atoms with van der Waals surface area (Å²) in [5.41, 5.74) is 1.56. The van der Waals surface area contributed by atoms with Gasteiger partial charge in [-0.25, -0.2) is 4.79 Å². The normalized spacial score (nSPS) is 10.6. The molecular formula is C13H17BrO2. The van der Waals surface area contributed by atoms with E-state index in [1.807, 2.05) is 19.1 Å². The van der Waals surface area contributed by atoms with Crippen LogP contribution in [0.5, 0.6) is 0 Å². The molecule has 1 aromatic rings. The van der Waals surface area contributed by atoms with Crippen LogP contribution in [0, 0.1) is 12.8 Å². The van der Waals surface area contributed by atoms with Crippen molar-refractivity contribution in [3.63, 3.8) is 0 Å². The second kappa shape index (κ2) is 6.04. The van der Waals surface area contributed by atoms with Gasteiger partial charge >= 0.3 is 5.97 Å². The summed E-state index contributed by atoms with van der Waals surface area (Å²) < 4.78 is 6.15. The minimum atomic E-state index is -0.237. The van der Waals surface area contributed by atoms with Crippen LogP contribution in [0.15, 0.2) is 22.7 Å². The minimum Gasteiger partial charge on any atom is -0.462 e. The number of carbonyl (C=O) groups excluding carboxylic acids is 1. The maximum atomic E-state index is 11.8. The fourth-order valence-corrected chi connectivity index (χ4v) is 1.66. The third-order valence-electron chi connectivity index (χ3n) is 2.42. The Morgan fingerprint density at radius 2 is 2.12 bits per heavy atom. The minimum absolute atomic E-state index is 0.237. The van der Waals surface area contributed by atoms with Gasteiger partial charge in [0.05, 0.1) is 12.2 Å². The molecule has 0 unspecified atom stereocenters. The molecular weight excluding hydrogens is 268 g/mol. The van der Waals surface area contributed by atoms with E-state index in [2.05, 4.69) is 29.8 Å². The van der Waals surface area contributed by atoms with E-state index in [0.717, 1.165) is 16.5 Å². The van der Waals surface area contributed by atoms with Crippen molar-refractivity contribution in [2.45, 2.75) is 27.2 Å². The standard InChI is InChI=1S/C13H17BrO2/c1-9(2)7-8-16-13(15)11-5-4-6-12(14)10(11)3/h4-6,9H,7-8H2,1-3H3. The predicted molar refractivity (Wildman–Crippen MR) is 68.6 cm³/mol. The van der Waals surface area contributed by atoms with Crippen molar-refractivity contribution in [1.82, 2.24) is 0 Å². The molecule has 1 aromatic carbocycles. The third kappa shape index (κ3) is 3.63. The summed E-state index contributed by atoms with van der Waals surface area (Å²) >= 11 is 3.40. The number of rotatable bonds is 4. The molecule has 0 bridgehead atoms. The van der Waals surface area contributed by atoms with Gasteiger partial charge in [-0.05, 0) is 37.0 Å². The first-order valence-corrected chi connectivity index (χ1v) is 6.24. The highest BCUT2D eigenvalue weighted by atomic mass is 79.9. The summed E-state index contributed by atoms with van der Waals surface area (Å²) in [7, 11) is 0. The van der Waals surface area contributed by atoms with Gasteiger partial charge in [-0.3, -0.25) is 0 Å². The van der Waals surface area contributed by atoms with Gasteiger partial charge in [-0.2, -0.15) is 0 Å². The maximum absolute atomic E-state index is 11.8. The van der Waals surface area contributed by atoms with Gasteiger partial charge in [-0.15, -0.1) is 0 Å². The number of hydrogen-bond donors (Lipinski definition) is 0. The largest absolute Gasteiger partial charge is 0.462 e. The molecule has 1 rings (SSSR count). The van der Waals surface area contributed by atoms with Gasteiger partial charge in [0, 0.05) is 4.47 Å². The van der Waals surface area contributed by atoms with Crippen LogP contribution in [0.4, 0.5) is 0 Å². The Morgan fingerprint density at radius 3 is 2.75 bits per heavy atom. The maximum Gasteiger partial charge on any atom is 0.338 e. The first kappa shape index (κ1) is 13.2. The van der Waals surface area contributed by atoms with Gasteiger partial charge in [0.1, 0.15) is 0 Å².